The van der Waals surface area contributed by atoms with Gasteiger partial charge in [-0.2, -0.15) is 0 Å². The van der Waals surface area contributed by atoms with Gasteiger partial charge in [0.2, 0.25) is 0 Å². The van der Waals surface area contributed by atoms with Crippen molar-refractivity contribution in [1.29, 1.82) is 0 Å². The maximum atomic E-state index is 12.4. The SMILES string of the molecule is Cc1ccc(NC(=O)N2CC(N3CCC4(CC3)OCCO4)C2)c(C)c1. The van der Waals surface area contributed by atoms with E-state index in [1.54, 1.807) is 0 Å². The van der Waals surface area contributed by atoms with Crippen LogP contribution >= 0.6 is 0 Å². The monoisotopic (exact) mass is 345 g/mol. The van der Waals surface area contributed by atoms with Gasteiger partial charge in [0.1, 0.15) is 0 Å². The Hall–Kier alpha value is -1.63. The Morgan fingerprint density at radius 2 is 1.84 bits per heavy atom. The van der Waals surface area contributed by atoms with Crippen LogP contribution < -0.4 is 5.32 Å². The van der Waals surface area contributed by atoms with Gasteiger partial charge in [-0.3, -0.25) is 4.90 Å². The molecule has 1 aromatic rings. The number of rotatable bonds is 2. The van der Waals surface area contributed by atoms with Gasteiger partial charge in [-0.15, -0.1) is 0 Å². The number of aryl methyl sites for hydroxylation is 2. The van der Waals surface area contributed by atoms with Gasteiger partial charge in [0, 0.05) is 50.7 Å². The third-order valence-electron chi connectivity index (χ3n) is 5.66. The molecule has 0 radical (unpaired) electrons. The second kappa shape index (κ2) is 6.59. The highest BCUT2D eigenvalue weighted by Gasteiger charge is 2.43. The number of carbonyl (C=O) groups is 1. The highest BCUT2D eigenvalue weighted by atomic mass is 16.7. The van der Waals surface area contributed by atoms with Crippen molar-refractivity contribution in [2.45, 2.75) is 38.5 Å². The fraction of sp³-hybridized carbons (Fsp3) is 0.632. The Bertz CT molecular complexity index is 641. The Morgan fingerprint density at radius 3 is 2.48 bits per heavy atom. The van der Waals surface area contributed by atoms with E-state index in [-0.39, 0.29) is 11.8 Å². The summed E-state index contributed by atoms with van der Waals surface area (Å²) < 4.78 is 11.6. The van der Waals surface area contributed by atoms with Crippen molar-refractivity contribution < 1.29 is 14.3 Å². The third kappa shape index (κ3) is 3.38. The zero-order chi connectivity index (χ0) is 17.4. The number of ether oxygens (including phenoxy) is 2. The fourth-order valence-electron chi connectivity index (χ4n) is 4.02. The molecule has 0 aliphatic carbocycles. The molecule has 6 heteroatoms. The Morgan fingerprint density at radius 1 is 1.16 bits per heavy atom. The highest BCUT2D eigenvalue weighted by molar-refractivity contribution is 5.90. The van der Waals surface area contributed by atoms with E-state index < -0.39 is 0 Å². The predicted octanol–water partition coefficient (Wildman–Crippen LogP) is 2.36. The molecule has 3 aliphatic heterocycles. The van der Waals surface area contributed by atoms with Gasteiger partial charge in [0.15, 0.2) is 5.79 Å². The van der Waals surface area contributed by atoms with Crippen LogP contribution in [0, 0.1) is 13.8 Å². The molecule has 1 spiro atoms. The first-order chi connectivity index (χ1) is 12.0. The number of hydrogen-bond donors (Lipinski definition) is 1. The first-order valence-corrected chi connectivity index (χ1v) is 9.20. The zero-order valence-electron chi connectivity index (χ0n) is 15.1. The summed E-state index contributed by atoms with van der Waals surface area (Å²) in [5.41, 5.74) is 3.20. The van der Waals surface area contributed by atoms with Crippen LogP contribution in [0.3, 0.4) is 0 Å². The van der Waals surface area contributed by atoms with Crippen molar-refractivity contribution in [3.05, 3.63) is 29.3 Å². The zero-order valence-corrected chi connectivity index (χ0v) is 15.1. The van der Waals surface area contributed by atoms with Crippen LogP contribution in [0.15, 0.2) is 18.2 Å². The number of anilines is 1. The lowest BCUT2D eigenvalue weighted by Crippen LogP contribution is -2.64. The summed E-state index contributed by atoms with van der Waals surface area (Å²) in [5.74, 6) is -0.319. The van der Waals surface area contributed by atoms with Crippen LogP contribution in [0.2, 0.25) is 0 Å². The van der Waals surface area contributed by atoms with Gasteiger partial charge in [0.25, 0.3) is 0 Å². The number of amides is 2. The minimum atomic E-state index is -0.319. The maximum absolute atomic E-state index is 12.4. The highest BCUT2D eigenvalue weighted by Crippen LogP contribution is 2.33. The summed E-state index contributed by atoms with van der Waals surface area (Å²) in [6.45, 7) is 9.08. The Labute approximate surface area is 149 Å². The maximum Gasteiger partial charge on any atom is 0.321 e. The van der Waals surface area contributed by atoms with Crippen LogP contribution in [0.5, 0.6) is 0 Å². The van der Waals surface area contributed by atoms with E-state index in [9.17, 15) is 4.79 Å². The quantitative estimate of drug-likeness (QED) is 0.894. The molecule has 1 aromatic carbocycles. The van der Waals surface area contributed by atoms with Crippen molar-refractivity contribution >= 4 is 11.7 Å². The number of carbonyl (C=O) groups excluding carboxylic acids is 1. The van der Waals surface area contributed by atoms with Crippen molar-refractivity contribution in [1.82, 2.24) is 9.80 Å². The van der Waals surface area contributed by atoms with E-state index >= 15 is 0 Å². The number of hydrogen-bond acceptors (Lipinski definition) is 4. The smallest absolute Gasteiger partial charge is 0.321 e. The number of benzene rings is 1. The number of nitrogens with zero attached hydrogens (tertiary/aromatic N) is 2. The molecule has 1 N–H and O–H groups in total. The van der Waals surface area contributed by atoms with Crippen LogP contribution in [0.4, 0.5) is 10.5 Å². The van der Waals surface area contributed by atoms with E-state index in [0.717, 1.165) is 63.5 Å². The number of nitrogens with one attached hydrogen (secondary N) is 1. The van der Waals surface area contributed by atoms with Gasteiger partial charge >= 0.3 is 6.03 Å². The molecule has 3 aliphatic rings. The molecule has 0 aromatic heterocycles. The molecule has 2 amide bonds. The average Bonchev–Trinajstić information content (AvgIpc) is 2.99. The van der Waals surface area contributed by atoms with Crippen LogP contribution in [-0.4, -0.2) is 67.1 Å². The lowest BCUT2D eigenvalue weighted by atomic mass is 9.99. The first-order valence-electron chi connectivity index (χ1n) is 9.20. The first kappa shape index (κ1) is 16.8. The predicted molar refractivity (Wildman–Crippen MR) is 95.7 cm³/mol. The Kier molecular flexibility index (Phi) is 4.43. The Balaban J connectivity index is 1.25. The third-order valence-corrected chi connectivity index (χ3v) is 5.66. The van der Waals surface area contributed by atoms with Crippen LogP contribution in [0.1, 0.15) is 24.0 Å². The fourth-order valence-corrected chi connectivity index (χ4v) is 4.02. The molecule has 6 nitrogen and oxygen atoms in total. The summed E-state index contributed by atoms with van der Waals surface area (Å²) in [4.78, 5) is 16.8. The summed E-state index contributed by atoms with van der Waals surface area (Å²) in [6, 6.07) is 6.55. The normalized spacial score (nSPS) is 23.7. The molecule has 0 unspecified atom stereocenters. The second-order valence-corrected chi connectivity index (χ2v) is 7.45. The van der Waals surface area contributed by atoms with Crippen molar-refractivity contribution in [3.63, 3.8) is 0 Å². The van der Waals surface area contributed by atoms with Crippen LogP contribution in [0.25, 0.3) is 0 Å². The van der Waals surface area contributed by atoms with Crippen molar-refractivity contribution in [3.8, 4) is 0 Å². The summed E-state index contributed by atoms with van der Waals surface area (Å²) in [6.07, 6.45) is 1.86. The van der Waals surface area contributed by atoms with Gasteiger partial charge in [-0.25, -0.2) is 4.79 Å². The molecule has 3 saturated heterocycles. The molecule has 0 saturated carbocycles. The number of likely N-dealkylation sites (tertiary alicyclic amines) is 2. The van der Waals surface area contributed by atoms with E-state index in [2.05, 4.69) is 23.2 Å². The van der Waals surface area contributed by atoms with Crippen molar-refractivity contribution in [2.75, 3.05) is 44.7 Å². The minimum Gasteiger partial charge on any atom is -0.347 e. The van der Waals surface area contributed by atoms with Gasteiger partial charge < -0.3 is 19.7 Å². The number of piperidine rings is 1. The number of urea groups is 1. The average molecular weight is 345 g/mol. The molecule has 0 atom stereocenters. The van der Waals surface area contributed by atoms with Gasteiger partial charge in [0.05, 0.1) is 13.2 Å². The molecule has 4 rings (SSSR count). The summed E-state index contributed by atoms with van der Waals surface area (Å²) in [7, 11) is 0. The molecule has 25 heavy (non-hydrogen) atoms. The summed E-state index contributed by atoms with van der Waals surface area (Å²) >= 11 is 0. The lowest BCUT2D eigenvalue weighted by Gasteiger charge is -2.48. The van der Waals surface area contributed by atoms with Crippen LogP contribution in [-0.2, 0) is 9.47 Å². The topological polar surface area (TPSA) is 54.0 Å². The molecular formula is C19H27N3O3. The molecule has 3 fully saturated rings. The molecule has 0 bridgehead atoms. The van der Waals surface area contributed by atoms with Gasteiger partial charge in [-0.1, -0.05) is 17.7 Å². The van der Waals surface area contributed by atoms with E-state index in [1.807, 2.05) is 24.0 Å². The lowest BCUT2D eigenvalue weighted by molar-refractivity contribution is -0.190. The van der Waals surface area contributed by atoms with Crippen molar-refractivity contribution in [2.24, 2.45) is 0 Å². The molecule has 3 heterocycles. The largest absolute Gasteiger partial charge is 0.347 e. The molecule has 136 valence electrons. The second-order valence-electron chi connectivity index (χ2n) is 7.45. The summed E-state index contributed by atoms with van der Waals surface area (Å²) in [5, 5.41) is 3.03. The molecular weight excluding hydrogens is 318 g/mol. The van der Waals surface area contributed by atoms with Gasteiger partial charge in [-0.05, 0) is 25.5 Å². The van der Waals surface area contributed by atoms with E-state index in [1.165, 1.54) is 5.56 Å². The van der Waals surface area contributed by atoms with E-state index in [0.29, 0.717) is 6.04 Å². The van der Waals surface area contributed by atoms with E-state index in [4.69, 9.17) is 9.47 Å². The standard InChI is InChI=1S/C19H27N3O3/c1-14-3-4-17(15(2)11-14)20-18(23)22-12-16(13-22)21-7-5-19(6-8-21)24-9-10-25-19/h3-4,11,16H,5-10,12-13H2,1-2H3,(H,20,23). The minimum absolute atomic E-state index is 0.000794.